The van der Waals surface area contributed by atoms with Gasteiger partial charge in [-0.25, -0.2) is 0 Å². The molecule has 0 radical (unpaired) electrons. The van der Waals surface area contributed by atoms with Crippen LogP contribution in [0.1, 0.15) is 26.3 Å². The Morgan fingerprint density at radius 2 is 2.00 bits per heavy atom. The molecule has 1 N–H and O–H groups in total. The van der Waals surface area contributed by atoms with E-state index in [1.807, 2.05) is 11.8 Å². The molecule has 0 aliphatic carbocycles. The fraction of sp³-hybridized carbons (Fsp3) is 0.500. The van der Waals surface area contributed by atoms with E-state index in [1.165, 1.54) is 5.56 Å². The van der Waals surface area contributed by atoms with Gasteiger partial charge in [0.25, 0.3) is 0 Å². The summed E-state index contributed by atoms with van der Waals surface area (Å²) in [4.78, 5) is 4.67. The Morgan fingerprint density at radius 3 is 2.59 bits per heavy atom. The molecule has 92 valence electrons. The number of hydrogen-bond acceptors (Lipinski definition) is 3. The third kappa shape index (κ3) is 3.25. The second-order valence-electron chi connectivity index (χ2n) is 4.64. The van der Waals surface area contributed by atoms with Gasteiger partial charge in [-0.15, -0.1) is 0 Å². The van der Waals surface area contributed by atoms with Gasteiger partial charge in [0.05, 0.1) is 6.04 Å². The number of aryl methyl sites for hydroxylation is 1. The first-order valence-electron chi connectivity index (χ1n) is 6.25. The van der Waals surface area contributed by atoms with Crippen molar-refractivity contribution in [3.05, 3.63) is 29.8 Å². The number of nitrogens with zero attached hydrogens (tertiary/aromatic N) is 1. The van der Waals surface area contributed by atoms with E-state index in [4.69, 9.17) is 0 Å². The van der Waals surface area contributed by atoms with Crippen LogP contribution in [0.4, 0.5) is 5.69 Å². The maximum atomic E-state index is 4.67. The largest absolute Gasteiger partial charge is 0.335 e. The molecule has 3 heteroatoms. The van der Waals surface area contributed by atoms with Gasteiger partial charge in [-0.1, -0.05) is 37.7 Å². The van der Waals surface area contributed by atoms with Crippen molar-refractivity contribution in [2.24, 2.45) is 10.9 Å². The first-order chi connectivity index (χ1) is 8.19. The maximum absolute atomic E-state index is 4.67. The van der Waals surface area contributed by atoms with Gasteiger partial charge in [0.1, 0.15) is 0 Å². The first kappa shape index (κ1) is 12.5. The van der Waals surface area contributed by atoms with Crippen molar-refractivity contribution in [1.29, 1.82) is 0 Å². The number of hydrogen-bond donors (Lipinski definition) is 1. The Bertz CT molecular complexity index is 397. The summed E-state index contributed by atoms with van der Waals surface area (Å²) in [7, 11) is 0. The van der Waals surface area contributed by atoms with Crippen LogP contribution < -0.4 is 5.32 Å². The van der Waals surface area contributed by atoms with Crippen molar-refractivity contribution in [2.75, 3.05) is 11.1 Å². The number of aliphatic imine (C=N–C) groups is 1. The van der Waals surface area contributed by atoms with Gasteiger partial charge in [-0.05, 0) is 37.0 Å². The summed E-state index contributed by atoms with van der Waals surface area (Å²) in [6, 6.07) is 9.02. The van der Waals surface area contributed by atoms with Crippen LogP contribution in [-0.4, -0.2) is 17.0 Å². The Hall–Kier alpha value is -0.960. The summed E-state index contributed by atoms with van der Waals surface area (Å²) in [5, 5.41) is 4.45. The monoisotopic (exact) mass is 248 g/mol. The number of anilines is 1. The number of benzene rings is 1. The topological polar surface area (TPSA) is 24.4 Å². The molecule has 2 unspecified atom stereocenters. The molecule has 1 aliphatic rings. The molecule has 1 aromatic carbocycles. The number of rotatable bonds is 2. The van der Waals surface area contributed by atoms with Crippen LogP contribution in [0.15, 0.2) is 29.3 Å². The van der Waals surface area contributed by atoms with Crippen LogP contribution >= 0.6 is 11.8 Å². The summed E-state index contributed by atoms with van der Waals surface area (Å²) in [6.45, 7) is 6.62. The molecule has 2 rings (SSSR count). The van der Waals surface area contributed by atoms with E-state index in [1.54, 1.807) is 0 Å². The summed E-state index contributed by atoms with van der Waals surface area (Å²) in [5.41, 5.74) is 2.51. The zero-order valence-corrected chi connectivity index (χ0v) is 11.6. The summed E-state index contributed by atoms with van der Waals surface area (Å²) >= 11 is 1.82. The molecule has 17 heavy (non-hydrogen) atoms. The third-order valence-electron chi connectivity index (χ3n) is 3.24. The number of amidine groups is 1. The maximum Gasteiger partial charge on any atom is 0.161 e. The second-order valence-corrected chi connectivity index (χ2v) is 5.65. The van der Waals surface area contributed by atoms with Gasteiger partial charge in [0, 0.05) is 11.4 Å². The average Bonchev–Trinajstić information content (AvgIpc) is 2.35. The molecule has 1 aromatic rings. The lowest BCUT2D eigenvalue weighted by Crippen LogP contribution is -2.25. The van der Waals surface area contributed by atoms with E-state index in [9.17, 15) is 0 Å². The van der Waals surface area contributed by atoms with Crippen LogP contribution in [0.25, 0.3) is 0 Å². The van der Waals surface area contributed by atoms with Gasteiger partial charge in [0.2, 0.25) is 0 Å². The molecule has 2 atom stereocenters. The zero-order chi connectivity index (χ0) is 12.3. The second kappa shape index (κ2) is 5.58. The first-order valence-corrected chi connectivity index (χ1v) is 7.24. The van der Waals surface area contributed by atoms with Gasteiger partial charge < -0.3 is 5.32 Å². The molecule has 0 spiro atoms. The van der Waals surface area contributed by atoms with E-state index >= 15 is 0 Å². The number of nitrogens with one attached hydrogen (secondary N) is 1. The lowest BCUT2D eigenvalue weighted by atomic mass is 10.1. The average molecular weight is 248 g/mol. The van der Waals surface area contributed by atoms with E-state index in [2.05, 4.69) is 55.3 Å². The van der Waals surface area contributed by atoms with E-state index in [0.29, 0.717) is 12.0 Å². The Morgan fingerprint density at radius 1 is 1.29 bits per heavy atom. The van der Waals surface area contributed by atoms with E-state index in [-0.39, 0.29) is 0 Å². The van der Waals surface area contributed by atoms with Crippen LogP contribution in [0.5, 0.6) is 0 Å². The summed E-state index contributed by atoms with van der Waals surface area (Å²) < 4.78 is 0. The van der Waals surface area contributed by atoms with Gasteiger partial charge in [-0.3, -0.25) is 4.99 Å². The molecule has 0 saturated carbocycles. The Balaban J connectivity index is 2.03. The van der Waals surface area contributed by atoms with Crippen molar-refractivity contribution in [1.82, 2.24) is 0 Å². The van der Waals surface area contributed by atoms with Crippen LogP contribution in [0, 0.1) is 5.92 Å². The fourth-order valence-corrected chi connectivity index (χ4v) is 2.84. The minimum Gasteiger partial charge on any atom is -0.335 e. The van der Waals surface area contributed by atoms with Crippen molar-refractivity contribution < 1.29 is 0 Å². The fourth-order valence-electron chi connectivity index (χ4n) is 1.71. The molecule has 0 amide bonds. The van der Waals surface area contributed by atoms with Crippen LogP contribution in [0.3, 0.4) is 0 Å². The van der Waals surface area contributed by atoms with Crippen LogP contribution in [-0.2, 0) is 6.42 Å². The molecule has 1 heterocycles. The SMILES string of the molecule is CCc1ccc(NC2=NC(C)C(C)CS2)cc1. The van der Waals surface area contributed by atoms with Gasteiger partial charge in [0.15, 0.2) is 5.17 Å². The number of thioether (sulfide) groups is 1. The van der Waals surface area contributed by atoms with Gasteiger partial charge in [-0.2, -0.15) is 0 Å². The van der Waals surface area contributed by atoms with E-state index < -0.39 is 0 Å². The predicted molar refractivity (Wildman–Crippen MR) is 78.0 cm³/mol. The van der Waals surface area contributed by atoms with E-state index in [0.717, 1.165) is 23.0 Å². The zero-order valence-electron chi connectivity index (χ0n) is 10.7. The molecule has 0 aromatic heterocycles. The lowest BCUT2D eigenvalue weighted by molar-refractivity contribution is 0.537. The van der Waals surface area contributed by atoms with Crippen molar-refractivity contribution in [2.45, 2.75) is 33.2 Å². The van der Waals surface area contributed by atoms with Crippen molar-refractivity contribution in [3.63, 3.8) is 0 Å². The normalized spacial score (nSPS) is 24.3. The molecular weight excluding hydrogens is 228 g/mol. The van der Waals surface area contributed by atoms with Gasteiger partial charge >= 0.3 is 0 Å². The Kier molecular flexibility index (Phi) is 4.11. The molecular formula is C14H20N2S. The molecule has 0 fully saturated rings. The summed E-state index contributed by atoms with van der Waals surface area (Å²) in [5.74, 6) is 1.83. The lowest BCUT2D eigenvalue weighted by Gasteiger charge is -2.23. The molecule has 0 saturated heterocycles. The highest BCUT2D eigenvalue weighted by atomic mass is 32.2. The van der Waals surface area contributed by atoms with Crippen molar-refractivity contribution >= 4 is 22.6 Å². The van der Waals surface area contributed by atoms with Crippen molar-refractivity contribution in [3.8, 4) is 0 Å². The molecule has 0 bridgehead atoms. The quantitative estimate of drug-likeness (QED) is 0.861. The highest BCUT2D eigenvalue weighted by molar-refractivity contribution is 8.14. The van der Waals surface area contributed by atoms with Crippen LogP contribution in [0.2, 0.25) is 0 Å². The highest BCUT2D eigenvalue weighted by Gasteiger charge is 2.18. The minimum atomic E-state index is 0.425. The molecule has 1 aliphatic heterocycles. The molecule has 2 nitrogen and oxygen atoms in total. The summed E-state index contributed by atoms with van der Waals surface area (Å²) in [6.07, 6.45) is 1.09. The smallest absolute Gasteiger partial charge is 0.161 e. The highest BCUT2D eigenvalue weighted by Crippen LogP contribution is 2.23. The Labute approximate surface area is 108 Å². The third-order valence-corrected chi connectivity index (χ3v) is 4.41. The predicted octanol–water partition coefficient (Wildman–Crippen LogP) is 3.79. The minimum absolute atomic E-state index is 0.425. The standard InChI is InChI=1S/C14H20N2S/c1-4-12-5-7-13(8-6-12)16-14-15-11(3)10(2)9-17-14/h5-8,10-11H,4,9H2,1-3H3,(H,15,16).